The third kappa shape index (κ3) is 3.39. The fourth-order valence-electron chi connectivity index (χ4n) is 2.38. The lowest BCUT2D eigenvalue weighted by molar-refractivity contribution is -0.125. The molecule has 0 aliphatic carbocycles. The van der Waals surface area contributed by atoms with Gasteiger partial charge in [0.25, 0.3) is 0 Å². The summed E-state index contributed by atoms with van der Waals surface area (Å²) in [6.07, 6.45) is 0.882. The van der Waals surface area contributed by atoms with Gasteiger partial charge in [-0.25, -0.2) is 9.18 Å². The molecule has 0 spiro atoms. The monoisotopic (exact) mass is 293 g/mol. The molecule has 1 aromatic carbocycles. The summed E-state index contributed by atoms with van der Waals surface area (Å²) in [4.78, 5) is 26.4. The minimum atomic E-state index is -0.398. The summed E-state index contributed by atoms with van der Waals surface area (Å²) in [7, 11) is 1.58. The average Bonchev–Trinajstić information content (AvgIpc) is 2.70. The molecule has 1 aliphatic rings. The Bertz CT molecular complexity index is 535. The molecule has 1 aliphatic heterocycles. The zero-order valence-electron chi connectivity index (χ0n) is 12.3. The van der Waals surface area contributed by atoms with Gasteiger partial charge in [-0.2, -0.15) is 0 Å². The molecule has 0 saturated carbocycles. The molecule has 5 nitrogen and oxygen atoms in total. The summed E-state index contributed by atoms with van der Waals surface area (Å²) < 4.78 is 14.0. The van der Waals surface area contributed by atoms with Gasteiger partial charge >= 0.3 is 6.03 Å². The Kier molecular flexibility index (Phi) is 4.90. The van der Waals surface area contributed by atoms with Gasteiger partial charge < -0.3 is 10.2 Å². The van der Waals surface area contributed by atoms with Gasteiger partial charge in [0.1, 0.15) is 12.4 Å². The molecule has 1 heterocycles. The largest absolute Gasteiger partial charge is 0.327 e. The number of carbonyl (C=O) groups is 2. The highest BCUT2D eigenvalue weighted by Crippen LogP contribution is 2.20. The van der Waals surface area contributed by atoms with Gasteiger partial charge in [-0.1, -0.05) is 25.1 Å². The fraction of sp³-hybridized carbons (Fsp3) is 0.467. The lowest BCUT2D eigenvalue weighted by Gasteiger charge is -2.24. The Hall–Kier alpha value is -1.95. The molecule has 1 aromatic rings. The molecule has 0 bridgehead atoms. The van der Waals surface area contributed by atoms with Crippen molar-refractivity contribution in [2.75, 3.05) is 26.7 Å². The van der Waals surface area contributed by atoms with E-state index in [9.17, 15) is 14.0 Å². The van der Waals surface area contributed by atoms with E-state index < -0.39 is 6.04 Å². The van der Waals surface area contributed by atoms with Crippen LogP contribution < -0.4 is 5.32 Å². The molecule has 1 atom stereocenters. The van der Waals surface area contributed by atoms with E-state index in [2.05, 4.69) is 5.32 Å². The first kappa shape index (κ1) is 15.4. The van der Waals surface area contributed by atoms with E-state index in [-0.39, 0.29) is 30.8 Å². The molecule has 1 saturated heterocycles. The summed E-state index contributed by atoms with van der Waals surface area (Å²) in [5, 5.41) is 3.20. The first-order valence-corrected chi connectivity index (χ1v) is 7.07. The number of halogens is 1. The molecule has 6 heteroatoms. The van der Waals surface area contributed by atoms with E-state index in [1.54, 1.807) is 25.2 Å². The van der Waals surface area contributed by atoms with Gasteiger partial charge in [0.05, 0.1) is 12.6 Å². The normalized spacial score (nSPS) is 16.7. The van der Waals surface area contributed by atoms with Crippen LogP contribution in [0.1, 0.15) is 24.9 Å². The number of amides is 3. The summed E-state index contributed by atoms with van der Waals surface area (Å²) >= 11 is 0. The predicted octanol–water partition coefficient (Wildman–Crippen LogP) is 1.76. The highest BCUT2D eigenvalue weighted by molar-refractivity contribution is 6.01. The standard InChI is InChI=1S/C15H20FN3O2/c1-3-8-17-13(11-6-4-5-7-12(11)16)9-19-14(20)10-18(2)15(19)21/h4-7,13,17H,3,8-10H2,1-2H3. The number of imide groups is 1. The molecule has 2 rings (SSSR count). The molecule has 0 aromatic heterocycles. The maximum atomic E-state index is 14.0. The quantitative estimate of drug-likeness (QED) is 0.813. The van der Waals surface area contributed by atoms with Crippen LogP contribution in [0.15, 0.2) is 24.3 Å². The van der Waals surface area contributed by atoms with Crippen molar-refractivity contribution in [2.24, 2.45) is 0 Å². The number of benzene rings is 1. The van der Waals surface area contributed by atoms with E-state index in [1.807, 2.05) is 6.92 Å². The summed E-state index contributed by atoms with van der Waals surface area (Å²) in [5.41, 5.74) is 0.473. The van der Waals surface area contributed by atoms with Crippen molar-refractivity contribution in [1.29, 1.82) is 0 Å². The van der Waals surface area contributed by atoms with Crippen LogP contribution in [0.2, 0.25) is 0 Å². The Balaban J connectivity index is 2.19. The maximum absolute atomic E-state index is 14.0. The van der Waals surface area contributed by atoms with Crippen molar-refractivity contribution in [1.82, 2.24) is 15.1 Å². The first-order chi connectivity index (χ1) is 10.0. The minimum Gasteiger partial charge on any atom is -0.318 e. The first-order valence-electron chi connectivity index (χ1n) is 7.07. The molecular formula is C15H20FN3O2. The van der Waals surface area contributed by atoms with Crippen molar-refractivity contribution in [3.05, 3.63) is 35.6 Å². The third-order valence-electron chi connectivity index (χ3n) is 3.52. The Morgan fingerprint density at radius 2 is 2.05 bits per heavy atom. The Morgan fingerprint density at radius 1 is 1.33 bits per heavy atom. The van der Waals surface area contributed by atoms with E-state index in [4.69, 9.17) is 0 Å². The minimum absolute atomic E-state index is 0.0800. The van der Waals surface area contributed by atoms with Crippen LogP contribution in [0.5, 0.6) is 0 Å². The second kappa shape index (κ2) is 6.67. The summed E-state index contributed by atoms with van der Waals surface area (Å²) in [6.45, 7) is 2.91. The molecule has 1 N–H and O–H groups in total. The summed E-state index contributed by atoms with van der Waals surface area (Å²) in [5.74, 6) is -0.583. The number of urea groups is 1. The van der Waals surface area contributed by atoms with E-state index in [1.165, 1.54) is 15.9 Å². The van der Waals surface area contributed by atoms with Gasteiger partial charge in [0.2, 0.25) is 5.91 Å². The van der Waals surface area contributed by atoms with Crippen molar-refractivity contribution in [2.45, 2.75) is 19.4 Å². The number of hydrogen-bond donors (Lipinski definition) is 1. The number of carbonyl (C=O) groups excluding carboxylic acids is 2. The fourth-order valence-corrected chi connectivity index (χ4v) is 2.38. The molecular weight excluding hydrogens is 273 g/mol. The number of rotatable bonds is 6. The lowest BCUT2D eigenvalue weighted by atomic mass is 10.1. The number of nitrogens with zero attached hydrogens (tertiary/aromatic N) is 2. The van der Waals surface area contributed by atoms with E-state index >= 15 is 0 Å². The third-order valence-corrected chi connectivity index (χ3v) is 3.52. The molecule has 0 radical (unpaired) electrons. The van der Waals surface area contributed by atoms with Gasteiger partial charge in [-0.3, -0.25) is 9.69 Å². The molecule has 114 valence electrons. The predicted molar refractivity (Wildman–Crippen MR) is 77.2 cm³/mol. The smallest absolute Gasteiger partial charge is 0.318 e. The molecule has 3 amide bonds. The van der Waals surface area contributed by atoms with Crippen molar-refractivity contribution in [3.8, 4) is 0 Å². The van der Waals surface area contributed by atoms with Crippen LogP contribution in [0.3, 0.4) is 0 Å². The molecule has 1 fully saturated rings. The van der Waals surface area contributed by atoms with E-state index in [0.717, 1.165) is 6.42 Å². The van der Waals surface area contributed by atoms with Gasteiger partial charge in [-0.15, -0.1) is 0 Å². The topological polar surface area (TPSA) is 52.7 Å². The highest BCUT2D eigenvalue weighted by Gasteiger charge is 2.35. The lowest BCUT2D eigenvalue weighted by Crippen LogP contribution is -2.40. The highest BCUT2D eigenvalue weighted by atomic mass is 19.1. The van der Waals surface area contributed by atoms with Gasteiger partial charge in [0.15, 0.2) is 0 Å². The Labute approximate surface area is 123 Å². The van der Waals surface area contributed by atoms with Gasteiger partial charge in [0, 0.05) is 12.6 Å². The van der Waals surface area contributed by atoms with Crippen LogP contribution >= 0.6 is 0 Å². The second-order valence-corrected chi connectivity index (χ2v) is 5.17. The molecule has 1 unspecified atom stereocenters. The van der Waals surface area contributed by atoms with Crippen LogP contribution in [0.25, 0.3) is 0 Å². The van der Waals surface area contributed by atoms with Crippen molar-refractivity contribution < 1.29 is 14.0 Å². The van der Waals surface area contributed by atoms with E-state index in [0.29, 0.717) is 12.1 Å². The SMILES string of the molecule is CCCNC(CN1C(=O)CN(C)C1=O)c1ccccc1F. The van der Waals surface area contributed by atoms with Gasteiger partial charge in [-0.05, 0) is 19.0 Å². The number of nitrogens with one attached hydrogen (secondary N) is 1. The van der Waals surface area contributed by atoms with Crippen LogP contribution in [0.4, 0.5) is 9.18 Å². The maximum Gasteiger partial charge on any atom is 0.327 e. The summed E-state index contributed by atoms with van der Waals surface area (Å²) in [6, 6.07) is 5.70. The van der Waals surface area contributed by atoms with Crippen LogP contribution in [-0.2, 0) is 4.79 Å². The molecule has 21 heavy (non-hydrogen) atoms. The number of likely N-dealkylation sites (N-methyl/N-ethyl adjacent to an activating group) is 1. The zero-order chi connectivity index (χ0) is 15.4. The van der Waals surface area contributed by atoms with Crippen molar-refractivity contribution >= 4 is 11.9 Å². The Morgan fingerprint density at radius 3 is 2.62 bits per heavy atom. The number of hydrogen-bond acceptors (Lipinski definition) is 3. The van der Waals surface area contributed by atoms with Crippen molar-refractivity contribution in [3.63, 3.8) is 0 Å². The van der Waals surface area contributed by atoms with Crippen LogP contribution in [0, 0.1) is 5.82 Å². The average molecular weight is 293 g/mol. The zero-order valence-corrected chi connectivity index (χ0v) is 12.3. The van der Waals surface area contributed by atoms with Crippen LogP contribution in [-0.4, -0.2) is 48.4 Å². The second-order valence-electron chi connectivity index (χ2n) is 5.17.